The molecule has 3 rings (SSSR count). The number of imidazole rings is 1. The van der Waals surface area contributed by atoms with Crippen LogP contribution in [0.2, 0.25) is 0 Å². The zero-order chi connectivity index (χ0) is 16.9. The van der Waals surface area contributed by atoms with Crippen LogP contribution < -0.4 is 10.1 Å². The van der Waals surface area contributed by atoms with Crippen molar-refractivity contribution in [1.82, 2.24) is 9.55 Å². The van der Waals surface area contributed by atoms with E-state index in [0.29, 0.717) is 11.4 Å². The van der Waals surface area contributed by atoms with Crippen LogP contribution in [0, 0.1) is 0 Å². The number of amides is 1. The van der Waals surface area contributed by atoms with E-state index < -0.39 is 0 Å². The number of hydrogen-bond donors (Lipinski definition) is 2. The summed E-state index contributed by atoms with van der Waals surface area (Å²) in [4.78, 5) is 16.8. The molecule has 3 aromatic rings. The molecule has 0 saturated carbocycles. The fourth-order valence-corrected chi connectivity index (χ4v) is 2.46. The Morgan fingerprint density at radius 3 is 2.75 bits per heavy atom. The first kappa shape index (κ1) is 16.0. The fourth-order valence-electron chi connectivity index (χ4n) is 2.46. The number of aromatic nitrogens is 2. The van der Waals surface area contributed by atoms with Crippen LogP contribution in [0.3, 0.4) is 0 Å². The van der Waals surface area contributed by atoms with Gasteiger partial charge in [0.1, 0.15) is 18.4 Å². The molecule has 124 valence electrons. The third kappa shape index (κ3) is 3.38. The standard InChI is InChI=1S/C18H19N3O3/c1-13(21-12-19-16-4-2-3-5-17(16)21)18(23)20-14-6-8-15(9-7-14)24-11-10-22/h2-9,12-13,22H,10-11H2,1H3,(H,20,23). The van der Waals surface area contributed by atoms with E-state index in [0.717, 1.165) is 11.0 Å². The number of hydrogen-bond acceptors (Lipinski definition) is 4. The number of aliphatic hydroxyl groups is 1. The summed E-state index contributed by atoms with van der Waals surface area (Å²) in [5, 5.41) is 11.6. The molecule has 0 spiro atoms. The molecule has 0 bridgehead atoms. The van der Waals surface area contributed by atoms with Crippen molar-refractivity contribution in [2.75, 3.05) is 18.5 Å². The SMILES string of the molecule is CC(C(=O)Nc1ccc(OCCO)cc1)n1cnc2ccccc21. The number of carbonyl (C=O) groups is 1. The maximum Gasteiger partial charge on any atom is 0.247 e. The molecule has 1 aromatic heterocycles. The molecule has 1 heterocycles. The molecule has 0 saturated heterocycles. The number of nitrogens with one attached hydrogen (secondary N) is 1. The van der Waals surface area contributed by atoms with Crippen molar-refractivity contribution in [2.45, 2.75) is 13.0 Å². The molecule has 0 aliphatic carbocycles. The van der Waals surface area contributed by atoms with Gasteiger partial charge in [-0.1, -0.05) is 12.1 Å². The van der Waals surface area contributed by atoms with Crippen molar-refractivity contribution in [3.63, 3.8) is 0 Å². The Kier molecular flexibility index (Phi) is 4.77. The minimum Gasteiger partial charge on any atom is -0.491 e. The number of anilines is 1. The zero-order valence-electron chi connectivity index (χ0n) is 13.3. The van der Waals surface area contributed by atoms with Crippen LogP contribution in [0.25, 0.3) is 11.0 Å². The van der Waals surface area contributed by atoms with Gasteiger partial charge < -0.3 is 19.7 Å². The Morgan fingerprint density at radius 1 is 1.25 bits per heavy atom. The maximum absolute atomic E-state index is 12.5. The van der Waals surface area contributed by atoms with Gasteiger partial charge in [0.05, 0.1) is 24.0 Å². The average Bonchev–Trinajstić information content (AvgIpc) is 3.04. The van der Waals surface area contributed by atoms with E-state index in [-0.39, 0.29) is 25.2 Å². The second-order valence-electron chi connectivity index (χ2n) is 5.40. The molecule has 0 radical (unpaired) electrons. The summed E-state index contributed by atoms with van der Waals surface area (Å²) in [5.41, 5.74) is 2.48. The van der Waals surface area contributed by atoms with Gasteiger partial charge in [-0.05, 0) is 43.3 Å². The number of nitrogens with zero attached hydrogens (tertiary/aromatic N) is 2. The van der Waals surface area contributed by atoms with Crippen LogP contribution in [-0.4, -0.2) is 33.8 Å². The molecule has 1 amide bonds. The summed E-state index contributed by atoms with van der Waals surface area (Å²) in [6.45, 7) is 2.05. The maximum atomic E-state index is 12.5. The second kappa shape index (κ2) is 7.14. The van der Waals surface area contributed by atoms with Crippen molar-refractivity contribution in [3.05, 3.63) is 54.9 Å². The third-order valence-electron chi connectivity index (χ3n) is 3.76. The van der Waals surface area contributed by atoms with Crippen LogP contribution in [0.5, 0.6) is 5.75 Å². The van der Waals surface area contributed by atoms with Gasteiger partial charge in [-0.15, -0.1) is 0 Å². The van der Waals surface area contributed by atoms with Crippen molar-refractivity contribution in [1.29, 1.82) is 0 Å². The number of para-hydroxylation sites is 2. The predicted octanol–water partition coefficient (Wildman–Crippen LogP) is 2.61. The summed E-state index contributed by atoms with van der Waals surface area (Å²) in [6, 6.07) is 14.4. The molecular weight excluding hydrogens is 306 g/mol. The number of rotatable bonds is 6. The lowest BCUT2D eigenvalue weighted by Crippen LogP contribution is -2.23. The van der Waals surface area contributed by atoms with E-state index >= 15 is 0 Å². The average molecular weight is 325 g/mol. The molecule has 0 aliphatic heterocycles. The smallest absolute Gasteiger partial charge is 0.247 e. The van der Waals surface area contributed by atoms with Crippen molar-refractivity contribution < 1.29 is 14.6 Å². The molecule has 1 unspecified atom stereocenters. The van der Waals surface area contributed by atoms with Crippen molar-refractivity contribution in [2.24, 2.45) is 0 Å². The molecule has 0 fully saturated rings. The normalized spacial score (nSPS) is 12.1. The van der Waals surface area contributed by atoms with Gasteiger partial charge in [0, 0.05) is 5.69 Å². The quantitative estimate of drug-likeness (QED) is 0.730. The lowest BCUT2D eigenvalue weighted by Gasteiger charge is -2.15. The first-order valence-electron chi connectivity index (χ1n) is 7.75. The fraction of sp³-hybridized carbons (Fsp3) is 0.222. The van der Waals surface area contributed by atoms with E-state index in [1.54, 1.807) is 30.6 Å². The number of aliphatic hydroxyl groups excluding tert-OH is 1. The Bertz CT molecular complexity index is 827. The highest BCUT2D eigenvalue weighted by Gasteiger charge is 2.17. The van der Waals surface area contributed by atoms with Crippen molar-refractivity contribution in [3.8, 4) is 5.75 Å². The lowest BCUT2D eigenvalue weighted by molar-refractivity contribution is -0.118. The monoisotopic (exact) mass is 325 g/mol. The lowest BCUT2D eigenvalue weighted by atomic mass is 10.2. The molecule has 2 aromatic carbocycles. The summed E-state index contributed by atoms with van der Waals surface area (Å²) in [7, 11) is 0. The minimum atomic E-state index is -0.386. The van der Waals surface area contributed by atoms with Gasteiger partial charge >= 0.3 is 0 Å². The van der Waals surface area contributed by atoms with E-state index in [1.807, 2.05) is 35.8 Å². The molecular formula is C18H19N3O3. The summed E-state index contributed by atoms with van der Waals surface area (Å²) in [5.74, 6) is 0.526. The Balaban J connectivity index is 1.70. The van der Waals surface area contributed by atoms with Gasteiger partial charge in [0.15, 0.2) is 0 Å². The van der Waals surface area contributed by atoms with Gasteiger partial charge in [0.25, 0.3) is 0 Å². The Labute approximate surface area is 139 Å². The van der Waals surface area contributed by atoms with Gasteiger partial charge in [-0.3, -0.25) is 4.79 Å². The predicted molar refractivity (Wildman–Crippen MR) is 92.1 cm³/mol. The van der Waals surface area contributed by atoms with Gasteiger partial charge in [-0.2, -0.15) is 0 Å². The van der Waals surface area contributed by atoms with E-state index in [1.165, 1.54) is 0 Å². The zero-order valence-corrected chi connectivity index (χ0v) is 13.3. The van der Waals surface area contributed by atoms with Crippen LogP contribution in [0.4, 0.5) is 5.69 Å². The minimum absolute atomic E-state index is 0.0329. The van der Waals surface area contributed by atoms with E-state index in [9.17, 15) is 4.79 Å². The summed E-state index contributed by atoms with van der Waals surface area (Å²) in [6.07, 6.45) is 1.68. The number of carbonyl (C=O) groups excluding carboxylic acids is 1. The summed E-state index contributed by atoms with van der Waals surface area (Å²) >= 11 is 0. The Hall–Kier alpha value is -2.86. The third-order valence-corrected chi connectivity index (χ3v) is 3.76. The molecule has 1 atom stereocenters. The topological polar surface area (TPSA) is 76.4 Å². The number of benzene rings is 2. The highest BCUT2D eigenvalue weighted by Crippen LogP contribution is 2.20. The van der Waals surface area contributed by atoms with Crippen LogP contribution in [-0.2, 0) is 4.79 Å². The van der Waals surface area contributed by atoms with Gasteiger partial charge in [-0.25, -0.2) is 4.98 Å². The van der Waals surface area contributed by atoms with Crippen LogP contribution >= 0.6 is 0 Å². The largest absolute Gasteiger partial charge is 0.491 e. The molecule has 2 N–H and O–H groups in total. The Morgan fingerprint density at radius 2 is 2.00 bits per heavy atom. The van der Waals surface area contributed by atoms with E-state index in [4.69, 9.17) is 9.84 Å². The molecule has 24 heavy (non-hydrogen) atoms. The van der Waals surface area contributed by atoms with Crippen LogP contribution in [0.15, 0.2) is 54.9 Å². The first-order valence-corrected chi connectivity index (χ1v) is 7.75. The van der Waals surface area contributed by atoms with Crippen molar-refractivity contribution >= 4 is 22.6 Å². The number of fused-ring (bicyclic) bond motifs is 1. The summed E-state index contributed by atoms with van der Waals surface area (Å²) < 4.78 is 7.15. The second-order valence-corrected chi connectivity index (χ2v) is 5.40. The van der Waals surface area contributed by atoms with Crippen LogP contribution in [0.1, 0.15) is 13.0 Å². The van der Waals surface area contributed by atoms with E-state index in [2.05, 4.69) is 10.3 Å². The molecule has 6 heteroatoms. The van der Waals surface area contributed by atoms with Gasteiger partial charge in [0.2, 0.25) is 5.91 Å². The molecule has 0 aliphatic rings. The molecule has 6 nitrogen and oxygen atoms in total. The highest BCUT2D eigenvalue weighted by molar-refractivity contribution is 5.94. The first-order chi connectivity index (χ1) is 11.7. The highest BCUT2D eigenvalue weighted by atomic mass is 16.5. The number of ether oxygens (including phenoxy) is 1.